The van der Waals surface area contributed by atoms with Crippen LogP contribution in [0.4, 0.5) is 0 Å². The fourth-order valence-corrected chi connectivity index (χ4v) is 3.51. The van der Waals surface area contributed by atoms with E-state index in [9.17, 15) is 9.00 Å². The van der Waals surface area contributed by atoms with E-state index < -0.39 is 10.8 Å². The van der Waals surface area contributed by atoms with E-state index in [4.69, 9.17) is 0 Å². The largest absolute Gasteiger partial charge is 0.299 e. The van der Waals surface area contributed by atoms with Gasteiger partial charge >= 0.3 is 0 Å². The Kier molecular flexibility index (Phi) is 5.38. The Labute approximate surface area is 88.9 Å². The van der Waals surface area contributed by atoms with Crippen LogP contribution in [0.5, 0.6) is 0 Å². The number of hydrogen-bond acceptors (Lipinski definition) is 2. The monoisotopic (exact) mass is 216 g/mol. The van der Waals surface area contributed by atoms with Crippen LogP contribution in [0.2, 0.25) is 0 Å². The fourth-order valence-electron chi connectivity index (χ4n) is 2.03. The summed E-state index contributed by atoms with van der Waals surface area (Å²) in [4.78, 5) is 11.2. The highest BCUT2D eigenvalue weighted by molar-refractivity contribution is 7.85. The normalized spacial score (nSPS) is 19.8. The van der Waals surface area contributed by atoms with E-state index in [0.29, 0.717) is 18.1 Å². The van der Waals surface area contributed by atoms with Crippen molar-refractivity contribution in [2.45, 2.75) is 45.4 Å². The Morgan fingerprint density at radius 2 is 2.00 bits per heavy atom. The molecule has 2 nitrogen and oxygen atoms in total. The van der Waals surface area contributed by atoms with E-state index in [1.165, 1.54) is 25.7 Å². The highest BCUT2D eigenvalue weighted by Gasteiger charge is 2.18. The number of ketones is 1. The molecule has 0 aromatic carbocycles. The number of carbonyl (C=O) groups excluding carboxylic acids is 1. The third-order valence-electron chi connectivity index (χ3n) is 2.75. The Morgan fingerprint density at radius 1 is 1.36 bits per heavy atom. The second-order valence-corrected chi connectivity index (χ2v) is 5.69. The molecular weight excluding hydrogens is 196 g/mol. The molecule has 1 aliphatic rings. The van der Waals surface area contributed by atoms with Crippen LogP contribution in [0, 0.1) is 5.92 Å². The van der Waals surface area contributed by atoms with E-state index in [-0.39, 0.29) is 5.78 Å². The molecule has 1 unspecified atom stereocenters. The maximum absolute atomic E-state index is 11.6. The molecule has 0 amide bonds. The van der Waals surface area contributed by atoms with Crippen molar-refractivity contribution >= 4 is 16.6 Å². The van der Waals surface area contributed by atoms with E-state index in [2.05, 4.69) is 0 Å². The third-order valence-corrected chi connectivity index (χ3v) is 4.23. The van der Waals surface area contributed by atoms with Gasteiger partial charge in [-0.2, -0.15) is 0 Å². The zero-order valence-corrected chi connectivity index (χ0v) is 9.78. The number of Topliss-reactive ketones (excluding diaryl/α,β-unsaturated/α-hetero) is 1. The minimum absolute atomic E-state index is 0.170. The number of carbonyl (C=O) groups is 1. The van der Waals surface area contributed by atoms with E-state index in [1.807, 2.05) is 6.92 Å². The average Bonchev–Trinajstić information content (AvgIpc) is 2.56. The summed E-state index contributed by atoms with van der Waals surface area (Å²) >= 11 is 0. The van der Waals surface area contributed by atoms with Gasteiger partial charge in [0.15, 0.2) is 0 Å². The molecule has 1 rings (SSSR count). The average molecular weight is 216 g/mol. The highest BCUT2D eigenvalue weighted by Crippen LogP contribution is 2.25. The van der Waals surface area contributed by atoms with Gasteiger partial charge in [0.05, 0.1) is 5.75 Å². The number of hydrogen-bond donors (Lipinski definition) is 0. The van der Waals surface area contributed by atoms with Gasteiger partial charge in [-0.05, 0) is 25.2 Å². The van der Waals surface area contributed by atoms with Gasteiger partial charge in [0.1, 0.15) is 5.78 Å². The second kappa shape index (κ2) is 6.33. The van der Waals surface area contributed by atoms with Crippen molar-refractivity contribution < 1.29 is 9.00 Å². The first kappa shape index (κ1) is 11.9. The first-order valence-electron chi connectivity index (χ1n) is 5.59. The molecule has 0 aromatic rings. The van der Waals surface area contributed by atoms with Crippen LogP contribution in [0.15, 0.2) is 0 Å². The predicted octanol–water partition coefficient (Wildman–Crippen LogP) is 2.29. The lowest BCUT2D eigenvalue weighted by atomic mass is 10.1. The smallest absolute Gasteiger partial charge is 0.145 e. The molecule has 0 aromatic heterocycles. The molecule has 0 radical (unpaired) electrons. The van der Waals surface area contributed by atoms with Crippen LogP contribution in [-0.4, -0.2) is 21.5 Å². The first-order chi connectivity index (χ1) is 6.72. The summed E-state index contributed by atoms with van der Waals surface area (Å²) in [6.07, 6.45) is 6.47. The second-order valence-electron chi connectivity index (χ2n) is 4.19. The number of rotatable bonds is 6. The lowest BCUT2D eigenvalue weighted by Crippen LogP contribution is -2.16. The van der Waals surface area contributed by atoms with Crippen LogP contribution < -0.4 is 0 Å². The van der Waals surface area contributed by atoms with Crippen molar-refractivity contribution in [3.8, 4) is 0 Å². The molecule has 1 aliphatic carbocycles. The zero-order valence-electron chi connectivity index (χ0n) is 8.96. The maximum atomic E-state index is 11.6. The minimum atomic E-state index is -0.891. The molecule has 0 N–H and O–H groups in total. The molecule has 3 heteroatoms. The summed E-state index contributed by atoms with van der Waals surface area (Å²) < 4.78 is 11.6. The lowest BCUT2D eigenvalue weighted by Gasteiger charge is -2.07. The molecule has 0 aliphatic heterocycles. The van der Waals surface area contributed by atoms with Crippen LogP contribution in [-0.2, 0) is 15.6 Å². The van der Waals surface area contributed by atoms with Crippen LogP contribution in [0.1, 0.15) is 45.4 Å². The first-order valence-corrected chi connectivity index (χ1v) is 7.08. The molecule has 0 bridgehead atoms. The van der Waals surface area contributed by atoms with Crippen molar-refractivity contribution in [2.75, 3.05) is 11.5 Å². The Hall–Kier alpha value is -0.180. The van der Waals surface area contributed by atoms with Gasteiger partial charge < -0.3 is 0 Å². The molecule has 1 fully saturated rings. The zero-order chi connectivity index (χ0) is 10.4. The summed E-state index contributed by atoms with van der Waals surface area (Å²) in [5, 5.41) is 0. The van der Waals surface area contributed by atoms with Gasteiger partial charge in [0.2, 0.25) is 0 Å². The van der Waals surface area contributed by atoms with Crippen LogP contribution in [0.3, 0.4) is 0 Å². The minimum Gasteiger partial charge on any atom is -0.299 e. The van der Waals surface area contributed by atoms with Gasteiger partial charge in [0, 0.05) is 23.0 Å². The Bertz CT molecular complexity index is 207. The Morgan fingerprint density at radius 3 is 2.57 bits per heavy atom. The van der Waals surface area contributed by atoms with Crippen molar-refractivity contribution in [3.63, 3.8) is 0 Å². The SMILES string of the molecule is CCCC(=O)CS(=O)CC1CCCC1. The van der Waals surface area contributed by atoms with Gasteiger partial charge in [-0.3, -0.25) is 9.00 Å². The molecule has 14 heavy (non-hydrogen) atoms. The molecule has 1 saturated carbocycles. The van der Waals surface area contributed by atoms with Gasteiger partial charge in [-0.25, -0.2) is 0 Å². The van der Waals surface area contributed by atoms with Gasteiger partial charge in [0.25, 0.3) is 0 Å². The quantitative estimate of drug-likeness (QED) is 0.682. The third kappa shape index (κ3) is 4.36. The molecule has 0 spiro atoms. The van der Waals surface area contributed by atoms with Gasteiger partial charge in [-0.15, -0.1) is 0 Å². The molecule has 0 heterocycles. The van der Waals surface area contributed by atoms with Crippen LogP contribution >= 0.6 is 0 Å². The standard InChI is InChI=1S/C11H20O2S/c1-2-5-11(12)9-14(13)8-10-6-3-4-7-10/h10H,2-9H2,1H3. The van der Waals surface area contributed by atoms with Crippen molar-refractivity contribution in [1.82, 2.24) is 0 Å². The van der Waals surface area contributed by atoms with E-state index in [0.717, 1.165) is 12.2 Å². The summed E-state index contributed by atoms with van der Waals surface area (Å²) in [6, 6.07) is 0. The summed E-state index contributed by atoms with van der Waals surface area (Å²) in [5.41, 5.74) is 0. The lowest BCUT2D eigenvalue weighted by molar-refractivity contribution is -0.116. The highest BCUT2D eigenvalue weighted by atomic mass is 32.2. The molecular formula is C11H20O2S. The molecule has 1 atom stereocenters. The van der Waals surface area contributed by atoms with E-state index >= 15 is 0 Å². The Balaban J connectivity index is 2.17. The summed E-state index contributed by atoms with van der Waals surface area (Å²) in [6.45, 7) is 1.98. The summed E-state index contributed by atoms with van der Waals surface area (Å²) in [5.74, 6) is 1.86. The maximum Gasteiger partial charge on any atom is 0.145 e. The molecule has 82 valence electrons. The predicted molar refractivity (Wildman–Crippen MR) is 59.7 cm³/mol. The van der Waals surface area contributed by atoms with Crippen molar-refractivity contribution in [3.05, 3.63) is 0 Å². The van der Waals surface area contributed by atoms with Crippen molar-refractivity contribution in [2.24, 2.45) is 5.92 Å². The summed E-state index contributed by atoms with van der Waals surface area (Å²) in [7, 11) is -0.891. The fraction of sp³-hybridized carbons (Fsp3) is 0.909. The topological polar surface area (TPSA) is 34.1 Å². The van der Waals surface area contributed by atoms with E-state index in [1.54, 1.807) is 0 Å². The van der Waals surface area contributed by atoms with Gasteiger partial charge in [-0.1, -0.05) is 19.8 Å². The van der Waals surface area contributed by atoms with Crippen molar-refractivity contribution in [1.29, 1.82) is 0 Å². The molecule has 0 saturated heterocycles. The van der Waals surface area contributed by atoms with Crippen LogP contribution in [0.25, 0.3) is 0 Å².